The molecule has 0 bridgehead atoms. The van der Waals surface area contributed by atoms with Gasteiger partial charge in [-0.2, -0.15) is 0 Å². The van der Waals surface area contributed by atoms with Crippen LogP contribution in [0.1, 0.15) is 62.8 Å². The Morgan fingerprint density at radius 3 is 1.86 bits per heavy atom. The van der Waals surface area contributed by atoms with Crippen LogP contribution in [0.5, 0.6) is 0 Å². The van der Waals surface area contributed by atoms with Crippen LogP contribution in [0.4, 0.5) is 0 Å². The largest absolute Gasteiger partial charge is 0.368 e. The molecule has 2 aromatic rings. The van der Waals surface area contributed by atoms with Crippen LogP contribution in [-0.4, -0.2) is 23.7 Å². The number of hydrogen-bond acceptors (Lipinski definition) is 4. The fraction of sp³-hybridized carbons (Fsp3) is 0.259. The fourth-order valence-electron chi connectivity index (χ4n) is 3.15. The van der Waals surface area contributed by atoms with E-state index in [0.717, 1.165) is 16.7 Å². The number of nitrogens with two attached hydrogens (primary N) is 2. The molecule has 8 heteroatoms. The Balaban J connectivity index is 1.91. The lowest BCUT2D eigenvalue weighted by Gasteiger charge is -2.21. The highest BCUT2D eigenvalue weighted by Crippen LogP contribution is 2.26. The van der Waals surface area contributed by atoms with E-state index < -0.39 is 11.8 Å². The number of carbonyl (C=O) groups is 2. The predicted octanol–water partition coefficient (Wildman–Crippen LogP) is 3.61. The Morgan fingerprint density at radius 2 is 1.34 bits per heavy atom. The Morgan fingerprint density at radius 1 is 0.829 bits per heavy atom. The van der Waals surface area contributed by atoms with E-state index in [2.05, 4.69) is 55.5 Å². The van der Waals surface area contributed by atoms with Crippen molar-refractivity contribution in [2.75, 3.05) is 0 Å². The molecule has 0 atom stereocenters. The SMILES string of the molecule is CC(C)c1ccc(C=CC(=O)NC(N)=NN=C(N)NC(=O)C=Cc2ccccc2C(C)(C)C)cc1. The molecule has 2 amide bonds. The minimum atomic E-state index is -0.475. The van der Waals surface area contributed by atoms with Crippen LogP contribution in [0, 0.1) is 0 Å². The molecule has 0 saturated heterocycles. The highest BCUT2D eigenvalue weighted by Gasteiger charge is 2.16. The monoisotopic (exact) mass is 474 g/mol. The average Bonchev–Trinajstić information content (AvgIpc) is 2.80. The first kappa shape index (κ1) is 27.0. The summed E-state index contributed by atoms with van der Waals surface area (Å²) < 4.78 is 0. The van der Waals surface area contributed by atoms with E-state index in [-0.39, 0.29) is 17.3 Å². The lowest BCUT2D eigenvalue weighted by molar-refractivity contribution is -0.116. The molecule has 0 saturated carbocycles. The Bertz CT molecular complexity index is 1150. The van der Waals surface area contributed by atoms with E-state index in [1.165, 1.54) is 17.7 Å². The lowest BCUT2D eigenvalue weighted by atomic mass is 9.84. The van der Waals surface area contributed by atoms with Crippen LogP contribution >= 0.6 is 0 Å². The van der Waals surface area contributed by atoms with Gasteiger partial charge in [0.15, 0.2) is 0 Å². The third-order valence-electron chi connectivity index (χ3n) is 4.98. The van der Waals surface area contributed by atoms with Crippen LogP contribution in [0.15, 0.2) is 70.9 Å². The number of rotatable bonds is 6. The number of benzene rings is 2. The van der Waals surface area contributed by atoms with E-state index >= 15 is 0 Å². The summed E-state index contributed by atoms with van der Waals surface area (Å²) in [6, 6.07) is 15.7. The fourth-order valence-corrected chi connectivity index (χ4v) is 3.15. The van der Waals surface area contributed by atoms with Gasteiger partial charge in [0.1, 0.15) is 0 Å². The van der Waals surface area contributed by atoms with Gasteiger partial charge >= 0.3 is 0 Å². The zero-order valence-corrected chi connectivity index (χ0v) is 20.9. The summed E-state index contributed by atoms with van der Waals surface area (Å²) >= 11 is 0. The number of carbonyl (C=O) groups excluding carboxylic acids is 2. The van der Waals surface area contributed by atoms with Crippen molar-refractivity contribution in [1.82, 2.24) is 10.6 Å². The molecular formula is C27H34N6O2. The summed E-state index contributed by atoms with van der Waals surface area (Å²) in [5, 5.41) is 12.0. The van der Waals surface area contributed by atoms with Gasteiger partial charge in [0.25, 0.3) is 11.8 Å². The molecule has 0 aliphatic heterocycles. The summed E-state index contributed by atoms with van der Waals surface area (Å²) in [5.41, 5.74) is 15.4. The van der Waals surface area contributed by atoms with E-state index in [4.69, 9.17) is 11.5 Å². The number of hydrogen-bond donors (Lipinski definition) is 4. The molecule has 184 valence electrons. The van der Waals surface area contributed by atoms with Crippen LogP contribution < -0.4 is 22.1 Å². The molecule has 0 unspecified atom stereocenters. The third-order valence-corrected chi connectivity index (χ3v) is 4.98. The second-order valence-electron chi connectivity index (χ2n) is 9.27. The van der Waals surface area contributed by atoms with Gasteiger partial charge in [0.2, 0.25) is 11.9 Å². The van der Waals surface area contributed by atoms with Crippen LogP contribution in [0.2, 0.25) is 0 Å². The molecule has 0 aliphatic carbocycles. The normalized spacial score (nSPS) is 13.0. The number of guanidine groups is 2. The summed E-state index contributed by atoms with van der Waals surface area (Å²) in [7, 11) is 0. The number of nitrogens with zero attached hydrogens (tertiary/aromatic N) is 2. The number of nitrogens with one attached hydrogen (secondary N) is 2. The topological polar surface area (TPSA) is 135 Å². The molecule has 0 spiro atoms. The van der Waals surface area contributed by atoms with Gasteiger partial charge in [-0.25, -0.2) is 0 Å². The summed E-state index contributed by atoms with van der Waals surface area (Å²) in [5.74, 6) is -1.04. The maximum atomic E-state index is 12.2. The molecule has 2 rings (SSSR count). The van der Waals surface area contributed by atoms with Crippen molar-refractivity contribution in [1.29, 1.82) is 0 Å². The predicted molar refractivity (Wildman–Crippen MR) is 143 cm³/mol. The lowest BCUT2D eigenvalue weighted by Crippen LogP contribution is -2.37. The third kappa shape index (κ3) is 9.29. The quantitative estimate of drug-likeness (QED) is 0.220. The minimum Gasteiger partial charge on any atom is -0.368 e. The summed E-state index contributed by atoms with van der Waals surface area (Å²) in [4.78, 5) is 24.2. The smallest absolute Gasteiger partial charge is 0.250 e. The summed E-state index contributed by atoms with van der Waals surface area (Å²) in [6.45, 7) is 10.5. The first-order chi connectivity index (χ1) is 16.5. The first-order valence-corrected chi connectivity index (χ1v) is 11.3. The van der Waals surface area contributed by atoms with Gasteiger partial charge < -0.3 is 11.5 Å². The maximum absolute atomic E-state index is 12.2. The Labute approximate surface area is 206 Å². The molecule has 0 aliphatic rings. The van der Waals surface area contributed by atoms with E-state index in [1.807, 2.05) is 48.5 Å². The Kier molecular flexibility index (Phi) is 9.52. The molecular weight excluding hydrogens is 440 g/mol. The van der Waals surface area contributed by atoms with Gasteiger partial charge in [-0.1, -0.05) is 83.1 Å². The summed E-state index contributed by atoms with van der Waals surface area (Å²) in [6.07, 6.45) is 6.07. The van der Waals surface area contributed by atoms with Crippen molar-refractivity contribution >= 4 is 35.9 Å². The van der Waals surface area contributed by atoms with Gasteiger partial charge in [-0.15, -0.1) is 10.2 Å². The molecule has 8 nitrogen and oxygen atoms in total. The zero-order valence-electron chi connectivity index (χ0n) is 20.9. The number of amides is 2. The van der Waals surface area contributed by atoms with Crippen molar-refractivity contribution in [3.05, 3.63) is 82.9 Å². The van der Waals surface area contributed by atoms with Crippen molar-refractivity contribution in [3.8, 4) is 0 Å². The highest BCUT2D eigenvalue weighted by molar-refractivity contribution is 6.05. The van der Waals surface area contributed by atoms with Crippen molar-refractivity contribution in [2.24, 2.45) is 21.7 Å². The molecule has 35 heavy (non-hydrogen) atoms. The van der Waals surface area contributed by atoms with E-state index in [0.29, 0.717) is 5.92 Å². The van der Waals surface area contributed by atoms with Crippen LogP contribution in [0.25, 0.3) is 12.2 Å². The molecule has 0 aromatic heterocycles. The van der Waals surface area contributed by atoms with Gasteiger partial charge in [0, 0.05) is 12.2 Å². The second-order valence-corrected chi connectivity index (χ2v) is 9.27. The zero-order chi connectivity index (χ0) is 26.0. The average molecular weight is 475 g/mol. The van der Waals surface area contributed by atoms with Gasteiger partial charge in [0.05, 0.1) is 0 Å². The van der Waals surface area contributed by atoms with E-state index in [1.54, 1.807) is 12.2 Å². The van der Waals surface area contributed by atoms with Gasteiger partial charge in [-0.3, -0.25) is 20.2 Å². The van der Waals surface area contributed by atoms with Crippen molar-refractivity contribution in [3.63, 3.8) is 0 Å². The molecule has 0 heterocycles. The first-order valence-electron chi connectivity index (χ1n) is 11.3. The second kappa shape index (κ2) is 12.3. The van der Waals surface area contributed by atoms with Crippen molar-refractivity contribution < 1.29 is 9.59 Å². The molecule has 6 N–H and O–H groups in total. The van der Waals surface area contributed by atoms with E-state index in [9.17, 15) is 9.59 Å². The molecule has 0 radical (unpaired) electrons. The highest BCUT2D eigenvalue weighted by atomic mass is 16.2. The van der Waals surface area contributed by atoms with Crippen molar-refractivity contribution in [2.45, 2.75) is 46.0 Å². The standard InChI is InChI=1S/C27H34N6O2/c1-18(2)20-13-10-19(11-14-20)12-16-23(34)30-25(28)32-33-26(29)31-24(35)17-15-21-8-6-7-9-22(21)27(3,4)5/h6-18H,1-5H3,(H3,28,30,32,34)(H3,29,31,33,35). The maximum Gasteiger partial charge on any atom is 0.250 e. The molecule has 0 fully saturated rings. The van der Waals surface area contributed by atoms with Crippen LogP contribution in [-0.2, 0) is 15.0 Å². The van der Waals surface area contributed by atoms with Crippen LogP contribution in [0.3, 0.4) is 0 Å². The minimum absolute atomic E-state index is 0.0673. The van der Waals surface area contributed by atoms with Gasteiger partial charge in [-0.05, 0) is 45.7 Å². The Hall–Kier alpha value is -4.20. The molecule has 2 aromatic carbocycles.